The zero-order valence-corrected chi connectivity index (χ0v) is 17.7. The van der Waals surface area contributed by atoms with Crippen LogP contribution in [0.4, 0.5) is 0 Å². The molecule has 4 rings (SSSR count). The lowest BCUT2D eigenvalue weighted by Crippen LogP contribution is -2.30. The maximum atomic E-state index is 12.5. The number of benzene rings is 2. The van der Waals surface area contributed by atoms with Gasteiger partial charge in [0.15, 0.2) is 6.61 Å². The van der Waals surface area contributed by atoms with Crippen molar-refractivity contribution in [1.82, 2.24) is 25.1 Å². The van der Waals surface area contributed by atoms with Crippen molar-refractivity contribution in [2.45, 2.75) is 6.54 Å². The second kappa shape index (κ2) is 8.91. The lowest BCUT2D eigenvalue weighted by molar-refractivity contribution is -0.132. The van der Waals surface area contributed by atoms with E-state index in [9.17, 15) is 4.79 Å². The molecule has 0 spiro atoms. The molecule has 9 heteroatoms. The molecule has 0 fully saturated rings. The third kappa shape index (κ3) is 4.74. The van der Waals surface area contributed by atoms with Gasteiger partial charge in [-0.3, -0.25) is 4.79 Å². The number of hydrogen-bond donors (Lipinski definition) is 0. The van der Waals surface area contributed by atoms with Gasteiger partial charge in [0.25, 0.3) is 5.91 Å². The number of nitrogens with zero attached hydrogens (tertiary/aromatic N) is 5. The minimum atomic E-state index is -0.163. The Balaban J connectivity index is 1.33. The largest absolute Gasteiger partial charge is 0.484 e. The Labute approximate surface area is 181 Å². The van der Waals surface area contributed by atoms with Gasteiger partial charge in [-0.2, -0.15) is 0 Å². The summed E-state index contributed by atoms with van der Waals surface area (Å²) in [4.78, 5) is 14.0. The van der Waals surface area contributed by atoms with Gasteiger partial charge >= 0.3 is 0 Å². The van der Waals surface area contributed by atoms with Crippen molar-refractivity contribution in [3.63, 3.8) is 0 Å². The maximum Gasteiger partial charge on any atom is 0.260 e. The van der Waals surface area contributed by atoms with Gasteiger partial charge < -0.3 is 14.1 Å². The minimum Gasteiger partial charge on any atom is -0.484 e. The first kappa shape index (κ1) is 19.8. The van der Waals surface area contributed by atoms with Crippen LogP contribution in [-0.4, -0.2) is 44.7 Å². The van der Waals surface area contributed by atoms with Crippen LogP contribution in [0.1, 0.15) is 5.76 Å². The van der Waals surface area contributed by atoms with Crippen LogP contribution in [0.25, 0.3) is 17.0 Å². The molecule has 0 atom stereocenters. The molecule has 30 heavy (non-hydrogen) atoms. The third-order valence-corrected chi connectivity index (χ3v) is 4.93. The minimum absolute atomic E-state index is 0.0875. The number of tetrazole rings is 1. The predicted octanol–water partition coefficient (Wildman–Crippen LogP) is 3.72. The molecule has 0 bridgehead atoms. The molecule has 0 saturated heterocycles. The van der Waals surface area contributed by atoms with Crippen molar-refractivity contribution in [2.24, 2.45) is 0 Å². The van der Waals surface area contributed by atoms with E-state index < -0.39 is 0 Å². The number of likely N-dealkylation sites (N-methyl/N-ethyl adjacent to an activating group) is 1. The molecule has 0 aliphatic heterocycles. The fourth-order valence-corrected chi connectivity index (χ4v) is 3.07. The van der Waals surface area contributed by atoms with Gasteiger partial charge in [0.05, 0.1) is 12.2 Å². The van der Waals surface area contributed by atoms with Gasteiger partial charge in [0.1, 0.15) is 23.6 Å². The number of halogens is 1. The molecule has 8 nitrogen and oxygen atoms in total. The first-order valence-corrected chi connectivity index (χ1v) is 9.92. The number of ether oxygens (including phenoxy) is 1. The molecule has 0 radical (unpaired) electrons. The monoisotopic (exact) mass is 467 g/mol. The Morgan fingerprint density at radius 3 is 2.77 bits per heavy atom. The molecule has 2 heterocycles. The van der Waals surface area contributed by atoms with E-state index in [1.54, 1.807) is 24.1 Å². The molecule has 0 N–H and O–H groups in total. The van der Waals surface area contributed by atoms with E-state index in [0.29, 0.717) is 18.1 Å². The summed E-state index contributed by atoms with van der Waals surface area (Å²) in [7, 11) is 1.71. The van der Waals surface area contributed by atoms with E-state index in [-0.39, 0.29) is 12.5 Å². The first-order valence-electron chi connectivity index (χ1n) is 9.13. The molecule has 0 aliphatic carbocycles. The zero-order chi connectivity index (χ0) is 20.9. The summed E-state index contributed by atoms with van der Waals surface area (Å²) in [6, 6.07) is 18.8. The molecule has 2 aromatic heterocycles. The zero-order valence-electron chi connectivity index (χ0n) is 16.1. The lowest BCUT2D eigenvalue weighted by Gasteiger charge is -2.16. The van der Waals surface area contributed by atoms with Crippen LogP contribution in [0.3, 0.4) is 0 Å². The summed E-state index contributed by atoms with van der Waals surface area (Å²) in [5.74, 6) is 1.85. The van der Waals surface area contributed by atoms with Crippen LogP contribution >= 0.6 is 15.9 Å². The summed E-state index contributed by atoms with van der Waals surface area (Å²) < 4.78 is 14.0. The van der Waals surface area contributed by atoms with Crippen LogP contribution in [0.2, 0.25) is 0 Å². The smallest absolute Gasteiger partial charge is 0.260 e. The van der Waals surface area contributed by atoms with Gasteiger partial charge in [0, 0.05) is 23.2 Å². The van der Waals surface area contributed by atoms with Crippen molar-refractivity contribution in [3.8, 4) is 22.8 Å². The Morgan fingerprint density at radius 1 is 1.17 bits per heavy atom. The highest BCUT2D eigenvalue weighted by molar-refractivity contribution is 9.10. The molecule has 0 aliphatic rings. The Kier molecular flexibility index (Phi) is 5.89. The van der Waals surface area contributed by atoms with Gasteiger partial charge in [-0.05, 0) is 46.8 Å². The molecular formula is C21H18BrN5O3. The second-order valence-corrected chi connectivity index (χ2v) is 7.48. The Hall–Kier alpha value is -3.46. The number of amides is 1. The number of aromatic nitrogens is 4. The van der Waals surface area contributed by atoms with Crippen LogP contribution in [0.15, 0.2) is 75.9 Å². The van der Waals surface area contributed by atoms with Gasteiger partial charge in [-0.15, -0.1) is 5.10 Å². The average Bonchev–Trinajstić information content (AvgIpc) is 3.45. The van der Waals surface area contributed by atoms with E-state index >= 15 is 0 Å². The highest BCUT2D eigenvalue weighted by Crippen LogP contribution is 2.24. The summed E-state index contributed by atoms with van der Waals surface area (Å²) in [6.07, 6.45) is 1.49. The summed E-state index contributed by atoms with van der Waals surface area (Å²) in [6.45, 7) is 0.263. The molecule has 152 valence electrons. The summed E-state index contributed by atoms with van der Waals surface area (Å²) >= 11 is 3.42. The topological polar surface area (TPSA) is 86.3 Å². The van der Waals surface area contributed by atoms with Crippen molar-refractivity contribution >= 4 is 21.8 Å². The van der Waals surface area contributed by atoms with Gasteiger partial charge in [0.2, 0.25) is 0 Å². The van der Waals surface area contributed by atoms with Crippen molar-refractivity contribution in [3.05, 3.63) is 77.2 Å². The normalized spacial score (nSPS) is 10.7. The molecule has 0 saturated carbocycles. The maximum absolute atomic E-state index is 12.5. The van der Waals surface area contributed by atoms with Crippen LogP contribution in [0, 0.1) is 0 Å². The van der Waals surface area contributed by atoms with E-state index in [4.69, 9.17) is 9.15 Å². The quantitative estimate of drug-likeness (QED) is 0.411. The number of rotatable bonds is 7. The predicted molar refractivity (Wildman–Crippen MR) is 113 cm³/mol. The molecule has 4 aromatic rings. The summed E-state index contributed by atoms with van der Waals surface area (Å²) in [5, 5.41) is 11.1. The number of furan rings is 1. The number of carbonyl (C=O) groups excluding carboxylic acids is 1. The lowest BCUT2D eigenvalue weighted by atomic mass is 10.2. The van der Waals surface area contributed by atoms with Crippen LogP contribution in [-0.2, 0) is 11.3 Å². The first-order chi connectivity index (χ1) is 14.6. The van der Waals surface area contributed by atoms with Crippen molar-refractivity contribution < 1.29 is 13.9 Å². The molecule has 1 amide bonds. The van der Waals surface area contributed by atoms with Gasteiger partial charge in [-0.1, -0.05) is 34.1 Å². The highest BCUT2D eigenvalue weighted by Gasteiger charge is 2.13. The van der Waals surface area contributed by atoms with E-state index in [1.165, 1.54) is 11.0 Å². The van der Waals surface area contributed by atoms with E-state index in [2.05, 4.69) is 31.5 Å². The highest BCUT2D eigenvalue weighted by atomic mass is 79.9. The fourth-order valence-electron chi connectivity index (χ4n) is 2.80. The SMILES string of the molecule is CN(Cc1ccc(-c2ccc(Br)cc2)o1)C(=O)COc1cccc(-n2cnnn2)c1. The van der Waals surface area contributed by atoms with Gasteiger partial charge in [-0.25, -0.2) is 4.68 Å². The molecular weight excluding hydrogens is 450 g/mol. The fraction of sp³-hybridized carbons (Fsp3) is 0.143. The van der Waals surface area contributed by atoms with E-state index in [1.807, 2.05) is 48.5 Å². The number of carbonyl (C=O) groups is 1. The second-order valence-electron chi connectivity index (χ2n) is 6.56. The number of hydrogen-bond acceptors (Lipinski definition) is 6. The molecule has 2 aromatic carbocycles. The Bertz CT molecular complexity index is 1130. The van der Waals surface area contributed by atoms with E-state index in [0.717, 1.165) is 21.5 Å². The average molecular weight is 468 g/mol. The summed E-state index contributed by atoms with van der Waals surface area (Å²) in [5.41, 5.74) is 1.72. The van der Waals surface area contributed by atoms with Crippen LogP contribution < -0.4 is 4.74 Å². The van der Waals surface area contributed by atoms with Crippen LogP contribution in [0.5, 0.6) is 5.75 Å². The third-order valence-electron chi connectivity index (χ3n) is 4.40. The van der Waals surface area contributed by atoms with Crippen molar-refractivity contribution in [1.29, 1.82) is 0 Å². The molecule has 0 unspecified atom stereocenters. The standard InChI is InChI=1S/C21H18BrN5O3/c1-26(12-19-9-10-20(30-19)15-5-7-16(22)8-6-15)21(28)13-29-18-4-2-3-17(11-18)27-14-23-24-25-27/h2-11,14H,12-13H2,1H3. The van der Waals surface area contributed by atoms with Crippen molar-refractivity contribution in [2.75, 3.05) is 13.7 Å². The Morgan fingerprint density at radius 2 is 2.00 bits per heavy atom.